The highest BCUT2D eigenvalue weighted by atomic mass is 79.9. The Morgan fingerprint density at radius 3 is 2.95 bits per heavy atom. The van der Waals surface area contributed by atoms with E-state index in [-0.39, 0.29) is 0 Å². The van der Waals surface area contributed by atoms with Crippen LogP contribution in [0.15, 0.2) is 15.9 Å². The number of hydrogen-bond donors (Lipinski definition) is 0. The molecule has 0 saturated carbocycles. The van der Waals surface area contributed by atoms with Gasteiger partial charge in [0, 0.05) is 28.9 Å². The summed E-state index contributed by atoms with van der Waals surface area (Å²) in [7, 11) is 3.57. The second-order valence-electron chi connectivity index (χ2n) is 3.95. The maximum atomic E-state index is 11.0. The molecule has 0 aromatic carbocycles. The summed E-state index contributed by atoms with van der Waals surface area (Å²) in [4.78, 5) is 19.4. The van der Waals surface area contributed by atoms with Crippen molar-refractivity contribution in [2.75, 3.05) is 19.1 Å². The topological polar surface area (TPSA) is 42.4 Å². The van der Waals surface area contributed by atoms with Crippen molar-refractivity contribution in [3.8, 4) is 0 Å². The van der Waals surface area contributed by atoms with Gasteiger partial charge in [-0.3, -0.25) is 4.79 Å². The van der Waals surface area contributed by atoms with Crippen molar-refractivity contribution in [1.29, 1.82) is 0 Å². The Balaban J connectivity index is 2.14. The Morgan fingerprint density at radius 2 is 2.37 bits per heavy atom. The van der Waals surface area contributed by atoms with Crippen LogP contribution in [0.2, 0.25) is 0 Å². The molecule has 0 aliphatic rings. The van der Waals surface area contributed by atoms with Crippen LogP contribution in [-0.4, -0.2) is 25.4 Å². The number of aromatic nitrogens is 1. The first-order valence-corrected chi connectivity index (χ1v) is 8.00. The molecule has 0 fully saturated rings. The molecule has 0 spiro atoms. The maximum Gasteiger partial charge on any atom is 0.186 e. The molecule has 2 rings (SSSR count). The van der Waals surface area contributed by atoms with Crippen LogP contribution in [0.5, 0.6) is 0 Å². The highest BCUT2D eigenvalue weighted by Crippen LogP contribution is 2.28. The molecule has 19 heavy (non-hydrogen) atoms. The van der Waals surface area contributed by atoms with Crippen LogP contribution in [0.4, 0.5) is 5.13 Å². The molecule has 4 nitrogen and oxygen atoms in total. The molecule has 0 aliphatic carbocycles. The first-order chi connectivity index (χ1) is 9.13. The number of methoxy groups -OCH3 is 1. The second-order valence-corrected chi connectivity index (χ2v) is 6.87. The van der Waals surface area contributed by atoms with Crippen molar-refractivity contribution < 1.29 is 9.53 Å². The monoisotopic (exact) mass is 360 g/mol. The standard InChI is InChI=1S/C12H13BrN2O2S2/c1-15(4-9-3-8(13)7-18-9)12-14-10(6-17-2)11(5-16)19-12/h3,5,7H,4,6H2,1-2H3. The highest BCUT2D eigenvalue weighted by molar-refractivity contribution is 9.10. The van der Waals surface area contributed by atoms with E-state index in [0.29, 0.717) is 17.2 Å². The van der Waals surface area contributed by atoms with Gasteiger partial charge in [-0.1, -0.05) is 11.3 Å². The van der Waals surface area contributed by atoms with E-state index in [2.05, 4.69) is 32.4 Å². The number of carbonyl (C=O) groups excluding carboxylic acids is 1. The summed E-state index contributed by atoms with van der Waals surface area (Å²) in [5, 5.41) is 2.89. The van der Waals surface area contributed by atoms with E-state index in [0.717, 1.165) is 22.4 Å². The van der Waals surface area contributed by atoms with E-state index in [1.165, 1.54) is 16.2 Å². The van der Waals surface area contributed by atoms with Gasteiger partial charge in [0.2, 0.25) is 0 Å². The quantitative estimate of drug-likeness (QED) is 0.738. The van der Waals surface area contributed by atoms with Gasteiger partial charge in [0.25, 0.3) is 0 Å². The van der Waals surface area contributed by atoms with Gasteiger partial charge in [-0.05, 0) is 22.0 Å². The Kier molecular flexibility index (Phi) is 5.09. The van der Waals surface area contributed by atoms with E-state index in [4.69, 9.17) is 4.74 Å². The van der Waals surface area contributed by atoms with E-state index in [1.54, 1.807) is 18.4 Å². The van der Waals surface area contributed by atoms with Crippen LogP contribution in [-0.2, 0) is 17.9 Å². The zero-order valence-corrected chi connectivity index (χ0v) is 13.8. The third-order valence-electron chi connectivity index (χ3n) is 2.45. The molecule has 0 N–H and O–H groups in total. The zero-order chi connectivity index (χ0) is 13.8. The molecule has 0 atom stereocenters. The minimum absolute atomic E-state index is 0.364. The van der Waals surface area contributed by atoms with Gasteiger partial charge in [0.15, 0.2) is 11.4 Å². The van der Waals surface area contributed by atoms with Gasteiger partial charge in [-0.25, -0.2) is 4.98 Å². The highest BCUT2D eigenvalue weighted by Gasteiger charge is 2.14. The summed E-state index contributed by atoms with van der Waals surface area (Å²) in [5.74, 6) is 0. The Labute approximate surface area is 128 Å². The molecule has 0 radical (unpaired) electrons. The normalized spacial score (nSPS) is 10.7. The molecule has 7 heteroatoms. The van der Waals surface area contributed by atoms with Crippen LogP contribution in [0.25, 0.3) is 0 Å². The van der Waals surface area contributed by atoms with Crippen LogP contribution in [0.1, 0.15) is 20.2 Å². The largest absolute Gasteiger partial charge is 0.378 e. The van der Waals surface area contributed by atoms with Gasteiger partial charge >= 0.3 is 0 Å². The fraction of sp³-hybridized carbons (Fsp3) is 0.333. The number of rotatable bonds is 6. The summed E-state index contributed by atoms with van der Waals surface area (Å²) in [5.41, 5.74) is 0.705. The summed E-state index contributed by atoms with van der Waals surface area (Å²) in [6, 6.07) is 2.09. The van der Waals surface area contributed by atoms with Crippen molar-refractivity contribution in [3.05, 3.63) is 31.4 Å². The van der Waals surface area contributed by atoms with Crippen molar-refractivity contribution in [1.82, 2.24) is 4.98 Å². The Bertz CT molecular complexity index is 568. The number of ether oxygens (including phenoxy) is 1. The zero-order valence-electron chi connectivity index (χ0n) is 10.6. The summed E-state index contributed by atoms with van der Waals surface area (Å²) >= 11 is 6.53. The molecule has 0 aliphatic heterocycles. The lowest BCUT2D eigenvalue weighted by molar-refractivity contribution is 0.112. The fourth-order valence-corrected chi connectivity index (χ4v) is 3.93. The summed E-state index contributed by atoms with van der Waals surface area (Å²) in [6.07, 6.45) is 0.838. The van der Waals surface area contributed by atoms with E-state index >= 15 is 0 Å². The molecule has 0 saturated heterocycles. The SMILES string of the molecule is COCc1nc(N(C)Cc2cc(Br)cs2)sc1C=O. The van der Waals surface area contributed by atoms with Crippen molar-refractivity contribution in [2.24, 2.45) is 0 Å². The lowest BCUT2D eigenvalue weighted by Gasteiger charge is -2.13. The molecule has 2 aromatic heterocycles. The average Bonchev–Trinajstić information content (AvgIpc) is 2.96. The van der Waals surface area contributed by atoms with E-state index in [1.807, 2.05) is 11.9 Å². The Hall–Kier alpha value is -0.760. The Morgan fingerprint density at radius 1 is 1.58 bits per heavy atom. The lowest BCUT2D eigenvalue weighted by atomic mass is 10.4. The third kappa shape index (κ3) is 3.62. The van der Waals surface area contributed by atoms with Crippen LogP contribution >= 0.6 is 38.6 Å². The maximum absolute atomic E-state index is 11.0. The molecule has 102 valence electrons. The van der Waals surface area contributed by atoms with Gasteiger partial charge in [-0.2, -0.15) is 0 Å². The van der Waals surface area contributed by atoms with Gasteiger partial charge < -0.3 is 9.64 Å². The summed E-state index contributed by atoms with van der Waals surface area (Å²) < 4.78 is 6.14. The number of anilines is 1. The predicted octanol–water partition coefficient (Wildman–Crippen LogP) is 3.56. The molecule has 0 bridgehead atoms. The number of aldehydes is 1. The first-order valence-electron chi connectivity index (χ1n) is 5.52. The van der Waals surface area contributed by atoms with Crippen molar-refractivity contribution in [2.45, 2.75) is 13.2 Å². The second kappa shape index (κ2) is 6.60. The van der Waals surface area contributed by atoms with E-state index < -0.39 is 0 Å². The average molecular weight is 361 g/mol. The van der Waals surface area contributed by atoms with Gasteiger partial charge in [0.05, 0.1) is 23.7 Å². The third-order valence-corrected chi connectivity index (χ3v) is 5.27. The number of carbonyl (C=O) groups is 1. The molecule has 0 amide bonds. The van der Waals surface area contributed by atoms with Gasteiger partial charge in [0.1, 0.15) is 0 Å². The smallest absolute Gasteiger partial charge is 0.186 e. The number of thiophene rings is 1. The van der Waals surface area contributed by atoms with Crippen LogP contribution < -0.4 is 4.90 Å². The number of nitrogens with zero attached hydrogens (tertiary/aromatic N) is 2. The van der Waals surface area contributed by atoms with Gasteiger partial charge in [-0.15, -0.1) is 11.3 Å². The van der Waals surface area contributed by atoms with Crippen LogP contribution in [0.3, 0.4) is 0 Å². The summed E-state index contributed by atoms with van der Waals surface area (Å²) in [6.45, 7) is 1.14. The molecule has 0 unspecified atom stereocenters. The minimum atomic E-state index is 0.364. The molecule has 2 heterocycles. The van der Waals surface area contributed by atoms with Crippen molar-refractivity contribution >= 4 is 50.0 Å². The number of halogens is 1. The fourth-order valence-electron chi connectivity index (χ4n) is 1.58. The number of hydrogen-bond acceptors (Lipinski definition) is 6. The van der Waals surface area contributed by atoms with E-state index in [9.17, 15) is 4.79 Å². The lowest BCUT2D eigenvalue weighted by Crippen LogP contribution is -2.15. The van der Waals surface area contributed by atoms with Crippen LogP contribution in [0, 0.1) is 0 Å². The molecular weight excluding hydrogens is 348 g/mol. The van der Waals surface area contributed by atoms with Crippen molar-refractivity contribution in [3.63, 3.8) is 0 Å². The molecular formula is C12H13BrN2O2S2. The first kappa shape index (κ1) is 14.6. The minimum Gasteiger partial charge on any atom is -0.378 e. The molecule has 2 aromatic rings. The number of thiazole rings is 1. The predicted molar refractivity (Wildman–Crippen MR) is 82.3 cm³/mol.